The molecular weight excluding hydrogens is 583 g/mol. The standard InChI is InChI=1S/C29H28ClFN6O6/c1-42-27-25(36-13-21(34-35-36)16-5-6-17(12-33)20(31)9-16)26(40)24(14-38)43-28(27)29(41)37(22-3-2-4-23(22)39)19-8-15(11-32)7-18(30)10-19/h5-10,13,22-28,38-40H,2-4,14H2,1H3/t22-,23-,24?,25?,26?,27?,28?/m0/s1. The van der Waals surface area contributed by atoms with Gasteiger partial charge in [0.2, 0.25) is 0 Å². The van der Waals surface area contributed by atoms with Crippen LogP contribution in [0, 0.1) is 28.5 Å². The molecule has 14 heteroatoms. The number of aromatic nitrogens is 3. The zero-order chi connectivity index (χ0) is 30.8. The van der Waals surface area contributed by atoms with Crippen molar-refractivity contribution in [1.82, 2.24) is 15.0 Å². The van der Waals surface area contributed by atoms with E-state index >= 15 is 0 Å². The molecule has 43 heavy (non-hydrogen) atoms. The zero-order valence-electron chi connectivity index (χ0n) is 22.9. The molecule has 5 unspecified atom stereocenters. The monoisotopic (exact) mass is 610 g/mol. The number of benzene rings is 2. The number of anilines is 1. The molecule has 3 N–H and O–H groups in total. The van der Waals surface area contributed by atoms with Crippen LogP contribution in [0.4, 0.5) is 10.1 Å². The number of rotatable bonds is 7. The van der Waals surface area contributed by atoms with Gasteiger partial charge in [-0.15, -0.1) is 5.10 Å². The molecule has 1 aromatic heterocycles. The Morgan fingerprint density at radius 3 is 2.65 bits per heavy atom. The second-order valence-electron chi connectivity index (χ2n) is 10.4. The van der Waals surface area contributed by atoms with E-state index in [1.54, 1.807) is 6.07 Å². The molecule has 0 radical (unpaired) electrons. The SMILES string of the molecule is COC1C(C(=O)N(c2cc(Cl)cc(C#N)c2)[C@H]2CCC[C@@H]2O)OC(CO)C(O)C1n1cc(-c2ccc(C#N)c(F)c2)nn1. The number of nitrogens with zero attached hydrogens (tertiary/aromatic N) is 6. The highest BCUT2D eigenvalue weighted by Gasteiger charge is 2.52. The van der Waals surface area contributed by atoms with E-state index in [0.29, 0.717) is 24.8 Å². The maximum absolute atomic E-state index is 14.4. The minimum absolute atomic E-state index is 0.138. The van der Waals surface area contributed by atoms with Gasteiger partial charge in [0.15, 0.2) is 6.10 Å². The Morgan fingerprint density at radius 1 is 1.23 bits per heavy atom. The van der Waals surface area contributed by atoms with Gasteiger partial charge in [0.25, 0.3) is 5.91 Å². The van der Waals surface area contributed by atoms with E-state index in [2.05, 4.69) is 10.3 Å². The Morgan fingerprint density at radius 2 is 2.02 bits per heavy atom. The lowest BCUT2D eigenvalue weighted by Crippen LogP contribution is -2.62. The Labute approximate surface area is 251 Å². The molecular formula is C29H28ClFN6O6. The van der Waals surface area contributed by atoms with E-state index < -0.39 is 60.9 Å². The summed E-state index contributed by atoms with van der Waals surface area (Å²) in [5, 5.41) is 59.1. The minimum Gasteiger partial charge on any atom is -0.394 e. The molecule has 224 valence electrons. The third kappa shape index (κ3) is 5.84. The summed E-state index contributed by atoms with van der Waals surface area (Å²) in [7, 11) is 1.32. The molecule has 2 fully saturated rings. The molecule has 12 nitrogen and oxygen atoms in total. The summed E-state index contributed by atoms with van der Waals surface area (Å²) in [6.45, 7) is -0.651. The number of halogens is 2. The number of carbonyl (C=O) groups excluding carboxylic acids is 1. The van der Waals surface area contributed by atoms with Crippen LogP contribution in [0.2, 0.25) is 5.02 Å². The minimum atomic E-state index is -1.41. The van der Waals surface area contributed by atoms with Gasteiger partial charge < -0.3 is 29.7 Å². The lowest BCUT2D eigenvalue weighted by molar-refractivity contribution is -0.211. The number of nitriles is 2. The summed E-state index contributed by atoms with van der Waals surface area (Å²) < 4.78 is 27.2. The van der Waals surface area contributed by atoms with Crippen molar-refractivity contribution in [2.75, 3.05) is 18.6 Å². The van der Waals surface area contributed by atoms with Crippen LogP contribution in [0.15, 0.2) is 42.6 Å². The summed E-state index contributed by atoms with van der Waals surface area (Å²) in [4.78, 5) is 15.7. The van der Waals surface area contributed by atoms with E-state index in [4.69, 9.17) is 26.3 Å². The second-order valence-corrected chi connectivity index (χ2v) is 10.9. The first-order valence-electron chi connectivity index (χ1n) is 13.5. The predicted molar refractivity (Wildman–Crippen MR) is 149 cm³/mol. The van der Waals surface area contributed by atoms with Crippen LogP contribution in [0.25, 0.3) is 11.3 Å². The molecule has 5 rings (SSSR count). The third-order valence-corrected chi connectivity index (χ3v) is 8.10. The highest BCUT2D eigenvalue weighted by atomic mass is 35.5. The molecule has 1 aliphatic heterocycles. The van der Waals surface area contributed by atoms with Gasteiger partial charge in [-0.1, -0.05) is 22.9 Å². The van der Waals surface area contributed by atoms with Crippen LogP contribution >= 0.6 is 11.6 Å². The van der Waals surface area contributed by atoms with Gasteiger partial charge in [0, 0.05) is 23.4 Å². The van der Waals surface area contributed by atoms with E-state index in [-0.39, 0.29) is 27.5 Å². The van der Waals surface area contributed by atoms with Crippen molar-refractivity contribution in [3.63, 3.8) is 0 Å². The number of methoxy groups -OCH3 is 1. The predicted octanol–water partition coefficient (Wildman–Crippen LogP) is 2.10. The Kier molecular flexibility index (Phi) is 9.03. The number of hydrogen-bond acceptors (Lipinski definition) is 10. The van der Waals surface area contributed by atoms with Gasteiger partial charge in [-0.05, 0) is 49.6 Å². The van der Waals surface area contributed by atoms with Crippen LogP contribution in [0.1, 0.15) is 36.4 Å². The summed E-state index contributed by atoms with van der Waals surface area (Å²) >= 11 is 6.28. The van der Waals surface area contributed by atoms with E-state index in [1.807, 2.05) is 6.07 Å². The summed E-state index contributed by atoms with van der Waals surface area (Å²) in [5.74, 6) is -1.38. The number of ether oxygens (including phenoxy) is 2. The van der Waals surface area contributed by atoms with Crippen LogP contribution in [0.3, 0.4) is 0 Å². The molecule has 2 aromatic carbocycles. The van der Waals surface area contributed by atoms with Crippen molar-refractivity contribution < 1.29 is 34.0 Å². The van der Waals surface area contributed by atoms with E-state index in [9.17, 15) is 29.8 Å². The normalized spacial score (nSPS) is 26.9. The van der Waals surface area contributed by atoms with Crippen LogP contribution in [0.5, 0.6) is 0 Å². The van der Waals surface area contributed by atoms with Gasteiger partial charge in [0.1, 0.15) is 41.9 Å². The average Bonchev–Trinajstić information content (AvgIpc) is 3.66. The molecule has 2 aliphatic rings. The first-order chi connectivity index (χ1) is 20.7. The molecule has 1 saturated heterocycles. The van der Waals surface area contributed by atoms with Gasteiger partial charge in [-0.3, -0.25) is 4.79 Å². The van der Waals surface area contributed by atoms with E-state index in [1.165, 1.54) is 53.2 Å². The Bertz CT molecular complexity index is 1590. The quantitative estimate of drug-likeness (QED) is 0.359. The fraction of sp³-hybridized carbons (Fsp3) is 0.414. The number of carbonyl (C=O) groups is 1. The molecule has 0 bridgehead atoms. The fourth-order valence-electron chi connectivity index (χ4n) is 5.80. The molecule has 3 aromatic rings. The molecule has 7 atom stereocenters. The van der Waals surface area contributed by atoms with Gasteiger partial charge in [-0.2, -0.15) is 10.5 Å². The number of aliphatic hydroxyl groups excluding tert-OH is 3. The lowest BCUT2D eigenvalue weighted by atomic mass is 9.91. The molecule has 1 aliphatic carbocycles. The second kappa shape index (κ2) is 12.7. The first kappa shape index (κ1) is 30.5. The number of amides is 1. The van der Waals surface area contributed by atoms with Crippen molar-refractivity contribution in [3.8, 4) is 23.4 Å². The van der Waals surface area contributed by atoms with Crippen molar-refractivity contribution in [2.24, 2.45) is 0 Å². The molecule has 1 saturated carbocycles. The van der Waals surface area contributed by atoms with Gasteiger partial charge in [-0.25, -0.2) is 9.07 Å². The van der Waals surface area contributed by atoms with Crippen LogP contribution in [-0.4, -0.2) is 86.5 Å². The van der Waals surface area contributed by atoms with E-state index in [0.717, 1.165) is 6.07 Å². The van der Waals surface area contributed by atoms with Crippen molar-refractivity contribution in [1.29, 1.82) is 10.5 Å². The summed E-state index contributed by atoms with van der Waals surface area (Å²) in [6.07, 6.45) is -3.09. The molecule has 1 amide bonds. The Balaban J connectivity index is 1.54. The van der Waals surface area contributed by atoms with Crippen LogP contribution < -0.4 is 4.90 Å². The number of hydrogen-bond donors (Lipinski definition) is 3. The highest BCUT2D eigenvalue weighted by molar-refractivity contribution is 6.31. The summed E-state index contributed by atoms with van der Waals surface area (Å²) in [5.41, 5.74) is 0.879. The molecule has 2 heterocycles. The molecule has 0 spiro atoms. The zero-order valence-corrected chi connectivity index (χ0v) is 23.7. The topological polar surface area (TPSA) is 178 Å². The fourth-order valence-corrected chi connectivity index (χ4v) is 6.03. The Hall–Kier alpha value is -3.95. The van der Waals surface area contributed by atoms with Crippen molar-refractivity contribution in [2.45, 2.75) is 61.9 Å². The summed E-state index contributed by atoms with van der Waals surface area (Å²) in [6, 6.07) is 10.4. The van der Waals surface area contributed by atoms with Crippen LogP contribution in [-0.2, 0) is 14.3 Å². The maximum Gasteiger partial charge on any atom is 0.259 e. The number of aliphatic hydroxyl groups is 3. The highest BCUT2D eigenvalue weighted by Crippen LogP contribution is 2.37. The maximum atomic E-state index is 14.4. The lowest BCUT2D eigenvalue weighted by Gasteiger charge is -2.45. The average molecular weight is 611 g/mol. The van der Waals surface area contributed by atoms with Crippen molar-refractivity contribution in [3.05, 3.63) is 64.6 Å². The smallest absolute Gasteiger partial charge is 0.259 e. The largest absolute Gasteiger partial charge is 0.394 e. The van der Waals surface area contributed by atoms with Gasteiger partial charge in [0.05, 0.1) is 42.1 Å². The first-order valence-corrected chi connectivity index (χ1v) is 13.9. The third-order valence-electron chi connectivity index (χ3n) is 7.89. The van der Waals surface area contributed by atoms with Crippen molar-refractivity contribution >= 4 is 23.2 Å². The van der Waals surface area contributed by atoms with Gasteiger partial charge >= 0.3 is 0 Å².